The number of hydrogen-bond donors (Lipinski definition) is 1. The van der Waals surface area contributed by atoms with E-state index in [1.165, 1.54) is 11.3 Å². The summed E-state index contributed by atoms with van der Waals surface area (Å²) in [6.07, 6.45) is 1.87. The molecule has 1 N–H and O–H groups in total. The van der Waals surface area contributed by atoms with E-state index < -0.39 is 0 Å². The average Bonchev–Trinajstić information content (AvgIpc) is 3.00. The maximum absolute atomic E-state index is 4.32. The predicted molar refractivity (Wildman–Crippen MR) is 92.0 cm³/mol. The topological polar surface area (TPSA) is 58.9 Å². The molecule has 0 atom stereocenters. The third kappa shape index (κ3) is 3.66. The van der Waals surface area contributed by atoms with Crippen molar-refractivity contribution in [1.82, 2.24) is 20.0 Å². The number of rotatable bonds is 5. The minimum atomic E-state index is 0.707. The summed E-state index contributed by atoms with van der Waals surface area (Å²) in [4.78, 5) is 2.08. The van der Waals surface area contributed by atoms with Crippen LogP contribution < -0.4 is 10.2 Å². The Labute approximate surface area is 135 Å². The van der Waals surface area contributed by atoms with Gasteiger partial charge in [-0.15, -0.1) is 10.2 Å². The third-order valence-electron chi connectivity index (χ3n) is 3.53. The van der Waals surface area contributed by atoms with Crippen LogP contribution in [-0.4, -0.2) is 34.1 Å². The van der Waals surface area contributed by atoms with Gasteiger partial charge in [-0.25, -0.2) is 4.68 Å². The van der Waals surface area contributed by atoms with Gasteiger partial charge in [-0.3, -0.25) is 0 Å². The number of nitrogens with zero attached hydrogens (tertiary/aromatic N) is 5. The Bertz CT molecular complexity index is 759. The highest BCUT2D eigenvalue weighted by atomic mass is 15.3. The molecule has 2 aromatic heterocycles. The van der Waals surface area contributed by atoms with Crippen LogP contribution in [0.2, 0.25) is 0 Å². The molecule has 2 heterocycles. The second-order valence-electron chi connectivity index (χ2n) is 5.59. The molecule has 6 heteroatoms. The molecule has 0 aliphatic carbocycles. The molecule has 0 bridgehead atoms. The van der Waals surface area contributed by atoms with E-state index in [0.29, 0.717) is 12.4 Å². The van der Waals surface area contributed by atoms with Gasteiger partial charge in [-0.2, -0.15) is 5.10 Å². The number of aromatic nitrogens is 4. The quantitative estimate of drug-likeness (QED) is 0.785. The van der Waals surface area contributed by atoms with Crippen LogP contribution in [0, 0.1) is 6.92 Å². The maximum Gasteiger partial charge on any atom is 0.175 e. The summed E-state index contributed by atoms with van der Waals surface area (Å²) in [6, 6.07) is 14.2. The van der Waals surface area contributed by atoms with Gasteiger partial charge in [0.1, 0.15) is 5.82 Å². The van der Waals surface area contributed by atoms with Crippen LogP contribution in [0.25, 0.3) is 5.82 Å². The largest absolute Gasteiger partial charge is 0.378 e. The fraction of sp³-hybridized carbons (Fsp3) is 0.235. The number of anilines is 2. The van der Waals surface area contributed by atoms with Crippen molar-refractivity contribution in [1.29, 1.82) is 0 Å². The molecule has 6 nitrogen and oxygen atoms in total. The van der Waals surface area contributed by atoms with Crippen LogP contribution in [-0.2, 0) is 6.54 Å². The molecule has 118 valence electrons. The van der Waals surface area contributed by atoms with Crippen molar-refractivity contribution in [2.75, 3.05) is 24.3 Å². The van der Waals surface area contributed by atoms with Crippen LogP contribution in [0.15, 0.2) is 48.7 Å². The summed E-state index contributed by atoms with van der Waals surface area (Å²) in [7, 11) is 4.07. The number of hydrogen-bond acceptors (Lipinski definition) is 5. The van der Waals surface area contributed by atoms with Crippen LogP contribution in [0.5, 0.6) is 0 Å². The Morgan fingerprint density at radius 3 is 2.35 bits per heavy atom. The summed E-state index contributed by atoms with van der Waals surface area (Å²) in [5, 5.41) is 16.0. The van der Waals surface area contributed by atoms with Crippen molar-refractivity contribution >= 4 is 11.5 Å². The highest BCUT2D eigenvalue weighted by Crippen LogP contribution is 2.13. The van der Waals surface area contributed by atoms with Gasteiger partial charge in [0.2, 0.25) is 0 Å². The van der Waals surface area contributed by atoms with E-state index in [1.807, 2.05) is 45.4 Å². The Morgan fingerprint density at radius 2 is 1.78 bits per heavy atom. The Kier molecular flexibility index (Phi) is 4.23. The van der Waals surface area contributed by atoms with Gasteiger partial charge in [0.25, 0.3) is 0 Å². The first-order valence-electron chi connectivity index (χ1n) is 7.48. The molecular formula is C17H20N6. The maximum atomic E-state index is 4.32. The standard InChI is InChI=1S/C17H20N6/c1-13-10-11-23(21-13)17-9-8-16(19-20-17)18-12-14-4-6-15(7-5-14)22(2)3/h4-11H,12H2,1-3H3,(H,18,19). The van der Waals surface area contributed by atoms with E-state index in [0.717, 1.165) is 11.5 Å². The molecule has 3 rings (SSSR count). The smallest absolute Gasteiger partial charge is 0.175 e. The van der Waals surface area contributed by atoms with Gasteiger partial charge in [0, 0.05) is 32.5 Å². The van der Waals surface area contributed by atoms with E-state index in [-0.39, 0.29) is 0 Å². The molecule has 0 spiro atoms. The normalized spacial score (nSPS) is 10.6. The molecule has 23 heavy (non-hydrogen) atoms. The highest BCUT2D eigenvalue weighted by molar-refractivity contribution is 5.46. The number of nitrogens with one attached hydrogen (secondary N) is 1. The Morgan fingerprint density at radius 1 is 1.00 bits per heavy atom. The lowest BCUT2D eigenvalue weighted by Gasteiger charge is -2.13. The van der Waals surface area contributed by atoms with Gasteiger partial charge >= 0.3 is 0 Å². The molecule has 0 aliphatic heterocycles. The van der Waals surface area contributed by atoms with Crippen LogP contribution >= 0.6 is 0 Å². The van der Waals surface area contributed by atoms with Crippen molar-refractivity contribution in [3.05, 3.63) is 59.9 Å². The van der Waals surface area contributed by atoms with E-state index in [1.54, 1.807) is 4.68 Å². The lowest BCUT2D eigenvalue weighted by Crippen LogP contribution is -2.09. The van der Waals surface area contributed by atoms with Gasteiger partial charge < -0.3 is 10.2 Å². The Balaban J connectivity index is 1.62. The lowest BCUT2D eigenvalue weighted by molar-refractivity contribution is 0.803. The predicted octanol–water partition coefficient (Wildman–Crippen LogP) is 2.65. The summed E-state index contributed by atoms with van der Waals surface area (Å²) in [5.41, 5.74) is 3.34. The van der Waals surface area contributed by atoms with Crippen molar-refractivity contribution in [3.63, 3.8) is 0 Å². The molecule has 0 radical (unpaired) electrons. The van der Waals surface area contributed by atoms with E-state index in [9.17, 15) is 0 Å². The van der Waals surface area contributed by atoms with E-state index in [4.69, 9.17) is 0 Å². The fourth-order valence-corrected chi connectivity index (χ4v) is 2.19. The van der Waals surface area contributed by atoms with E-state index in [2.05, 4.69) is 49.8 Å². The van der Waals surface area contributed by atoms with Crippen molar-refractivity contribution in [2.24, 2.45) is 0 Å². The molecule has 1 aromatic carbocycles. The van der Waals surface area contributed by atoms with Crippen LogP contribution in [0.3, 0.4) is 0 Å². The second kappa shape index (κ2) is 6.48. The molecule has 0 saturated carbocycles. The minimum absolute atomic E-state index is 0.707. The van der Waals surface area contributed by atoms with Crippen molar-refractivity contribution in [3.8, 4) is 5.82 Å². The molecule has 0 aliphatic rings. The molecule has 0 amide bonds. The lowest BCUT2D eigenvalue weighted by atomic mass is 10.2. The van der Waals surface area contributed by atoms with Crippen LogP contribution in [0.4, 0.5) is 11.5 Å². The minimum Gasteiger partial charge on any atom is -0.378 e. The highest BCUT2D eigenvalue weighted by Gasteiger charge is 2.02. The molecular weight excluding hydrogens is 288 g/mol. The second-order valence-corrected chi connectivity index (χ2v) is 5.59. The molecule has 0 unspecified atom stereocenters. The first-order valence-corrected chi connectivity index (χ1v) is 7.48. The van der Waals surface area contributed by atoms with Gasteiger partial charge in [0.05, 0.1) is 5.69 Å². The van der Waals surface area contributed by atoms with Crippen molar-refractivity contribution in [2.45, 2.75) is 13.5 Å². The van der Waals surface area contributed by atoms with Gasteiger partial charge in [-0.1, -0.05) is 12.1 Å². The number of aryl methyl sites for hydroxylation is 1. The van der Waals surface area contributed by atoms with E-state index >= 15 is 0 Å². The first kappa shape index (κ1) is 15.0. The zero-order valence-electron chi connectivity index (χ0n) is 13.6. The Hall–Kier alpha value is -2.89. The summed E-state index contributed by atoms with van der Waals surface area (Å²) in [6.45, 7) is 2.66. The summed E-state index contributed by atoms with van der Waals surface area (Å²) < 4.78 is 1.71. The first-order chi connectivity index (χ1) is 11.1. The van der Waals surface area contributed by atoms with Gasteiger partial charge in [0.15, 0.2) is 5.82 Å². The third-order valence-corrected chi connectivity index (χ3v) is 3.53. The molecule has 0 saturated heterocycles. The zero-order valence-corrected chi connectivity index (χ0v) is 13.6. The molecule has 0 fully saturated rings. The number of benzene rings is 1. The average molecular weight is 308 g/mol. The summed E-state index contributed by atoms with van der Waals surface area (Å²) >= 11 is 0. The van der Waals surface area contributed by atoms with Crippen LogP contribution in [0.1, 0.15) is 11.3 Å². The molecule has 3 aromatic rings. The SMILES string of the molecule is Cc1ccn(-c2ccc(NCc3ccc(N(C)C)cc3)nn2)n1. The summed E-state index contributed by atoms with van der Waals surface area (Å²) in [5.74, 6) is 1.45. The fourth-order valence-electron chi connectivity index (χ4n) is 2.19. The van der Waals surface area contributed by atoms with Crippen molar-refractivity contribution < 1.29 is 0 Å². The zero-order chi connectivity index (χ0) is 16.2. The van der Waals surface area contributed by atoms with Gasteiger partial charge in [-0.05, 0) is 42.8 Å². The monoisotopic (exact) mass is 308 g/mol.